The first-order valence-electron chi connectivity index (χ1n) is 13.4. The van der Waals surface area contributed by atoms with Gasteiger partial charge in [0.15, 0.2) is 0 Å². The van der Waals surface area contributed by atoms with Crippen LogP contribution in [0.25, 0.3) is 0 Å². The third-order valence-electron chi connectivity index (χ3n) is 7.39. The van der Waals surface area contributed by atoms with E-state index in [-0.39, 0.29) is 0 Å². The van der Waals surface area contributed by atoms with Crippen LogP contribution in [0.5, 0.6) is 0 Å². The van der Waals surface area contributed by atoms with E-state index in [1.165, 1.54) is 21.9 Å². The third-order valence-corrected chi connectivity index (χ3v) is 13.0. The van der Waals surface area contributed by atoms with Crippen LogP contribution < -0.4 is 29.1 Å². The largest absolute Gasteiger partial charge is 0.195 e. The summed E-state index contributed by atoms with van der Waals surface area (Å²) in [5, 5.41) is 0. The first-order valence-corrected chi connectivity index (χ1v) is 18.1. The van der Waals surface area contributed by atoms with Crippen molar-refractivity contribution in [2.24, 2.45) is 0 Å². The molecule has 0 aromatic heterocycles. The molecule has 6 rings (SSSR count). The van der Waals surface area contributed by atoms with Gasteiger partial charge in [-0.3, -0.25) is 0 Å². The summed E-state index contributed by atoms with van der Waals surface area (Å²) in [5.41, 5.74) is 5.36. The summed E-state index contributed by atoms with van der Waals surface area (Å²) < 4.78 is 3.09. The van der Waals surface area contributed by atoms with Crippen LogP contribution in [-0.2, 0) is 0 Å². The second-order valence-corrected chi connectivity index (χ2v) is 15.2. The average Bonchev–Trinajstić information content (AvgIpc) is 3.04. The van der Waals surface area contributed by atoms with E-state index in [1.54, 1.807) is 7.22 Å². The molecule has 0 heterocycles. The van der Waals surface area contributed by atoms with Crippen molar-refractivity contribution >= 4 is 54.8 Å². The van der Waals surface area contributed by atoms with Crippen molar-refractivity contribution < 1.29 is 0 Å². The first-order chi connectivity index (χ1) is 19.3. The Morgan fingerprint density at radius 3 is 0.744 bits per heavy atom. The van der Waals surface area contributed by atoms with E-state index < -0.39 is 25.7 Å². The van der Waals surface area contributed by atoms with E-state index in [0.29, 0.717) is 0 Å². The summed E-state index contributed by atoms with van der Waals surface area (Å²) in [5.74, 6) is 0. The second-order valence-electron chi connectivity index (χ2n) is 9.65. The Balaban J connectivity index is 0.000000186. The molecule has 0 saturated heterocycles. The minimum atomic E-state index is -1.23. The molecule has 0 saturated carbocycles. The Morgan fingerprint density at radius 1 is 0.308 bits per heavy atom. The molecule has 0 fully saturated rings. The van der Waals surface area contributed by atoms with Crippen molar-refractivity contribution in [3.63, 3.8) is 0 Å². The van der Waals surface area contributed by atoms with Crippen LogP contribution in [0.4, 0.5) is 0 Å². The molecule has 0 unspecified atom stereocenters. The van der Waals surface area contributed by atoms with E-state index >= 15 is 0 Å². The molecule has 0 bridgehead atoms. The fourth-order valence-corrected chi connectivity index (χ4v) is 9.51. The van der Waals surface area contributed by atoms with Crippen molar-refractivity contribution in [1.29, 1.82) is 0 Å². The minimum absolute atomic E-state index is 1.22. The molecule has 0 aliphatic rings. The summed E-state index contributed by atoms with van der Waals surface area (Å²) in [6.07, 6.45) is -1.22. The van der Waals surface area contributed by atoms with E-state index in [4.69, 9.17) is 0 Å². The van der Waals surface area contributed by atoms with Crippen LogP contribution in [0, 0.1) is 0 Å². The predicted molar refractivity (Wildman–Crippen MR) is 174 cm³/mol. The van der Waals surface area contributed by atoms with Gasteiger partial charge in [-0.05, 0) is 0 Å². The van der Waals surface area contributed by atoms with E-state index in [0.717, 1.165) is 0 Å². The van der Waals surface area contributed by atoms with Crippen molar-refractivity contribution in [2.45, 2.75) is 4.97 Å². The van der Waals surface area contributed by atoms with Gasteiger partial charge in [0.1, 0.15) is 6.15 Å². The smallest absolute Gasteiger partial charge is 0.108 e. The van der Waals surface area contributed by atoms with Crippen molar-refractivity contribution in [2.75, 3.05) is 0 Å². The zero-order valence-electron chi connectivity index (χ0n) is 22.3. The molecule has 2 heteroatoms. The Morgan fingerprint density at radius 2 is 0.513 bits per heavy atom. The SMILES string of the molecule is C[Te+](c1ccccc1)c1ccccc1.c1ccc([B-](c2ccccc2)(c2ccccc2)c2ccccc2)cc1. The fourth-order valence-electron chi connectivity index (χ4n) is 5.51. The van der Waals surface area contributed by atoms with E-state index in [9.17, 15) is 0 Å². The predicted octanol–water partition coefficient (Wildman–Crippen LogP) is 4.99. The molecule has 6 aromatic rings. The molecule has 0 atom stereocenters. The molecule has 0 N–H and O–H groups in total. The van der Waals surface area contributed by atoms with E-state index in [1.807, 2.05) is 0 Å². The topological polar surface area (TPSA) is 0 Å². The maximum absolute atomic E-state index is 2.41. The van der Waals surface area contributed by atoms with Crippen LogP contribution in [0.15, 0.2) is 182 Å². The Hall–Kier alpha value is -3.83. The Kier molecular flexibility index (Phi) is 9.13. The average molecular weight is 616 g/mol. The molecular weight excluding hydrogens is 583 g/mol. The fraction of sp³-hybridized carbons (Fsp3) is 0.0270. The molecule has 0 spiro atoms. The van der Waals surface area contributed by atoms with Crippen LogP contribution in [0.2, 0.25) is 4.97 Å². The second kappa shape index (κ2) is 13.3. The summed E-state index contributed by atoms with van der Waals surface area (Å²) in [6.45, 7) is 0. The summed E-state index contributed by atoms with van der Waals surface area (Å²) >= 11 is -1.23. The van der Waals surface area contributed by atoms with Gasteiger partial charge in [0.25, 0.3) is 0 Å². The van der Waals surface area contributed by atoms with Gasteiger partial charge in [-0.2, -0.15) is 21.9 Å². The number of rotatable bonds is 6. The normalized spacial score (nSPS) is 10.9. The summed E-state index contributed by atoms with van der Waals surface area (Å²) in [6, 6.07) is 65.2. The molecule has 0 radical (unpaired) electrons. The van der Waals surface area contributed by atoms with Crippen molar-refractivity contribution in [3.05, 3.63) is 182 Å². The Bertz CT molecular complexity index is 1320. The third kappa shape index (κ3) is 6.10. The van der Waals surface area contributed by atoms with Crippen LogP contribution in [0.3, 0.4) is 0 Å². The molecule has 190 valence electrons. The first kappa shape index (κ1) is 26.8. The molecule has 0 aliphatic carbocycles. The van der Waals surface area contributed by atoms with Crippen molar-refractivity contribution in [1.82, 2.24) is 0 Å². The molecule has 0 amide bonds. The minimum Gasteiger partial charge on any atom is -0.195 e. The van der Waals surface area contributed by atoms with E-state index in [2.05, 4.69) is 187 Å². The maximum Gasteiger partial charge on any atom is 0.108 e. The van der Waals surface area contributed by atoms with Gasteiger partial charge in [0.05, 0.1) is 0 Å². The van der Waals surface area contributed by atoms with Crippen molar-refractivity contribution in [3.8, 4) is 0 Å². The quantitative estimate of drug-likeness (QED) is 0.232. The van der Waals surface area contributed by atoms with Gasteiger partial charge < -0.3 is 0 Å². The maximum atomic E-state index is 2.41. The number of benzene rings is 6. The summed E-state index contributed by atoms with van der Waals surface area (Å²) in [4.78, 5) is 2.41. The zero-order chi connectivity index (χ0) is 26.8. The zero-order valence-corrected chi connectivity index (χ0v) is 24.6. The van der Waals surface area contributed by atoms with Crippen LogP contribution in [-0.4, -0.2) is 25.7 Å². The molecule has 0 nitrogen and oxygen atoms in total. The Labute approximate surface area is 240 Å². The molecule has 39 heavy (non-hydrogen) atoms. The van der Waals surface area contributed by atoms with Gasteiger partial charge >= 0.3 is 92.4 Å². The van der Waals surface area contributed by atoms with Gasteiger partial charge in [-0.15, -0.1) is 0 Å². The van der Waals surface area contributed by atoms with Gasteiger partial charge in [0, 0.05) is 0 Å². The monoisotopic (exact) mass is 618 g/mol. The van der Waals surface area contributed by atoms with Crippen LogP contribution in [0.1, 0.15) is 0 Å². The standard InChI is InChI=1S/C24H20B.C13H13Te/c1-5-13-21(14-6-1)25(22-15-7-2-8-16-22,23-17-9-3-10-18-23)24-19-11-4-12-20-24;1-14(12-8-4-2-5-9-12)13-10-6-3-7-11-13/h1-20H;2-11H,1H3/q-1;+1. The molecule has 0 aliphatic heterocycles. The molecular formula is C37H33BTe. The van der Waals surface area contributed by atoms with Gasteiger partial charge in [0.2, 0.25) is 0 Å². The summed E-state index contributed by atoms with van der Waals surface area (Å²) in [7, 11) is 0. The van der Waals surface area contributed by atoms with Gasteiger partial charge in [-0.1, -0.05) is 121 Å². The number of hydrogen-bond acceptors (Lipinski definition) is 0. The van der Waals surface area contributed by atoms with Crippen LogP contribution >= 0.6 is 0 Å². The number of hydrogen-bond donors (Lipinski definition) is 0. The van der Waals surface area contributed by atoms with Gasteiger partial charge in [-0.25, -0.2) is 0 Å². The molecule has 6 aromatic carbocycles.